The summed E-state index contributed by atoms with van der Waals surface area (Å²) in [6, 6.07) is 13.3. The average molecular weight is 502 g/mol. The first kappa shape index (κ1) is 25.6. The van der Waals surface area contributed by atoms with E-state index in [4.69, 9.17) is 4.74 Å². The van der Waals surface area contributed by atoms with E-state index in [0.717, 1.165) is 0 Å². The van der Waals surface area contributed by atoms with Crippen LogP contribution in [0.3, 0.4) is 0 Å². The minimum atomic E-state index is -1.03. The zero-order valence-electron chi connectivity index (χ0n) is 20.7. The third-order valence-corrected chi connectivity index (χ3v) is 6.05. The molecule has 1 saturated heterocycles. The van der Waals surface area contributed by atoms with Gasteiger partial charge in [-0.1, -0.05) is 32.0 Å². The van der Waals surface area contributed by atoms with Crippen LogP contribution in [0.5, 0.6) is 5.75 Å². The number of amides is 1. The molecule has 1 aliphatic rings. The SMILES string of the molecule is Cc1cc(OCC(C)C)ccc1C(O)=C1C(=O)C(=O)N(Cc2cccnc2)C1c1cccc([N+](=O)[O-])c1. The number of nitro groups is 1. The van der Waals surface area contributed by atoms with E-state index < -0.39 is 22.7 Å². The highest BCUT2D eigenvalue weighted by Gasteiger charge is 2.46. The number of hydrogen-bond donors (Lipinski definition) is 1. The van der Waals surface area contributed by atoms with Gasteiger partial charge >= 0.3 is 0 Å². The lowest BCUT2D eigenvalue weighted by Gasteiger charge is -2.25. The fraction of sp³-hybridized carbons (Fsp3) is 0.250. The van der Waals surface area contributed by atoms with Crippen LogP contribution < -0.4 is 4.74 Å². The van der Waals surface area contributed by atoms with Gasteiger partial charge in [0.15, 0.2) is 0 Å². The summed E-state index contributed by atoms with van der Waals surface area (Å²) in [5.74, 6) is -1.07. The Balaban J connectivity index is 1.83. The van der Waals surface area contributed by atoms with Crippen LogP contribution in [0.25, 0.3) is 5.76 Å². The van der Waals surface area contributed by atoms with E-state index in [-0.39, 0.29) is 23.6 Å². The first-order valence-corrected chi connectivity index (χ1v) is 11.8. The number of nitrogens with zero attached hydrogens (tertiary/aromatic N) is 3. The maximum atomic E-state index is 13.3. The molecule has 3 aromatic rings. The van der Waals surface area contributed by atoms with Crippen LogP contribution >= 0.6 is 0 Å². The number of hydrogen-bond acceptors (Lipinski definition) is 7. The lowest BCUT2D eigenvalue weighted by Crippen LogP contribution is -2.29. The molecule has 0 aliphatic carbocycles. The van der Waals surface area contributed by atoms with Gasteiger partial charge in [-0.15, -0.1) is 0 Å². The number of carbonyl (C=O) groups excluding carboxylic acids is 2. The zero-order valence-corrected chi connectivity index (χ0v) is 20.7. The molecule has 9 heteroatoms. The monoisotopic (exact) mass is 501 g/mol. The number of Topliss-reactive ketones (excluding diaryl/α,β-unsaturated/α-hetero) is 1. The highest BCUT2D eigenvalue weighted by molar-refractivity contribution is 6.46. The van der Waals surface area contributed by atoms with E-state index in [1.807, 2.05) is 13.8 Å². The van der Waals surface area contributed by atoms with Crippen LogP contribution in [0.4, 0.5) is 5.69 Å². The number of pyridine rings is 1. The number of ether oxygens (including phenoxy) is 1. The van der Waals surface area contributed by atoms with E-state index in [2.05, 4.69) is 4.98 Å². The van der Waals surface area contributed by atoms with Gasteiger partial charge < -0.3 is 14.7 Å². The van der Waals surface area contributed by atoms with Gasteiger partial charge in [-0.25, -0.2) is 0 Å². The molecule has 0 bridgehead atoms. The number of aliphatic hydroxyl groups is 1. The van der Waals surface area contributed by atoms with Gasteiger partial charge in [-0.3, -0.25) is 24.7 Å². The molecule has 0 radical (unpaired) electrons. The molecular weight excluding hydrogens is 474 g/mol. The summed E-state index contributed by atoms with van der Waals surface area (Å²) < 4.78 is 5.76. The minimum Gasteiger partial charge on any atom is -0.507 e. The topological polar surface area (TPSA) is 123 Å². The molecule has 1 fully saturated rings. The largest absolute Gasteiger partial charge is 0.507 e. The third-order valence-electron chi connectivity index (χ3n) is 6.05. The fourth-order valence-corrected chi connectivity index (χ4v) is 4.29. The number of likely N-dealkylation sites (tertiary alicyclic amines) is 1. The maximum absolute atomic E-state index is 13.3. The number of carbonyl (C=O) groups is 2. The predicted molar refractivity (Wildman–Crippen MR) is 137 cm³/mol. The number of non-ortho nitro benzene ring substituents is 1. The number of ketones is 1. The smallest absolute Gasteiger partial charge is 0.295 e. The number of aromatic nitrogens is 1. The molecule has 1 aliphatic heterocycles. The van der Waals surface area contributed by atoms with E-state index in [1.165, 1.54) is 23.1 Å². The Hall–Kier alpha value is -4.53. The van der Waals surface area contributed by atoms with Crippen molar-refractivity contribution in [1.82, 2.24) is 9.88 Å². The summed E-state index contributed by atoms with van der Waals surface area (Å²) in [7, 11) is 0. The quantitative estimate of drug-likeness (QED) is 0.152. The van der Waals surface area contributed by atoms with Crippen molar-refractivity contribution in [1.29, 1.82) is 0 Å². The van der Waals surface area contributed by atoms with Crippen molar-refractivity contribution in [3.05, 3.63) is 105 Å². The van der Waals surface area contributed by atoms with Crippen molar-refractivity contribution >= 4 is 23.1 Å². The molecule has 37 heavy (non-hydrogen) atoms. The number of aryl methyl sites for hydroxylation is 1. The Morgan fingerprint density at radius 3 is 2.59 bits per heavy atom. The van der Waals surface area contributed by atoms with Crippen LogP contribution in [0.2, 0.25) is 0 Å². The molecule has 1 atom stereocenters. The second-order valence-electron chi connectivity index (χ2n) is 9.32. The highest BCUT2D eigenvalue weighted by atomic mass is 16.6. The van der Waals surface area contributed by atoms with Crippen molar-refractivity contribution in [2.24, 2.45) is 5.92 Å². The summed E-state index contributed by atoms with van der Waals surface area (Å²) in [4.78, 5) is 42.8. The normalized spacial score (nSPS) is 16.9. The van der Waals surface area contributed by atoms with E-state index >= 15 is 0 Å². The zero-order chi connectivity index (χ0) is 26.7. The van der Waals surface area contributed by atoms with E-state index in [1.54, 1.807) is 55.7 Å². The number of benzene rings is 2. The molecule has 2 aromatic carbocycles. The summed E-state index contributed by atoms with van der Waals surface area (Å²) in [5, 5.41) is 22.8. The van der Waals surface area contributed by atoms with Crippen molar-refractivity contribution < 1.29 is 24.4 Å². The second kappa shape index (κ2) is 10.6. The van der Waals surface area contributed by atoms with Gasteiger partial charge in [0.25, 0.3) is 17.4 Å². The molecule has 1 amide bonds. The van der Waals surface area contributed by atoms with E-state index in [9.17, 15) is 24.8 Å². The summed E-state index contributed by atoms with van der Waals surface area (Å²) in [6.45, 7) is 6.39. The Morgan fingerprint density at radius 2 is 1.95 bits per heavy atom. The molecule has 0 saturated carbocycles. The minimum absolute atomic E-state index is 0.0313. The first-order chi connectivity index (χ1) is 17.7. The van der Waals surface area contributed by atoms with E-state index in [0.29, 0.717) is 40.5 Å². The van der Waals surface area contributed by atoms with Crippen molar-refractivity contribution in [3.8, 4) is 5.75 Å². The molecule has 2 heterocycles. The van der Waals surface area contributed by atoms with Crippen LogP contribution in [0.1, 0.15) is 42.1 Å². The number of rotatable bonds is 8. The number of aliphatic hydroxyl groups excluding tert-OH is 1. The average Bonchev–Trinajstić information content (AvgIpc) is 3.12. The van der Waals surface area contributed by atoms with Gasteiger partial charge in [0.05, 0.1) is 23.1 Å². The Kier molecular flexibility index (Phi) is 7.33. The molecular formula is C28H27N3O6. The molecule has 0 spiro atoms. The Morgan fingerprint density at radius 1 is 1.16 bits per heavy atom. The summed E-state index contributed by atoms with van der Waals surface area (Å²) >= 11 is 0. The molecule has 1 unspecified atom stereocenters. The number of nitro benzene ring substituents is 1. The standard InChI is InChI=1S/C28H27N3O6/c1-17(2)16-37-22-9-10-23(18(3)12-22)26(32)24-25(20-7-4-8-21(13-20)31(35)36)30(28(34)27(24)33)15-19-6-5-11-29-14-19/h4-14,17,25,32H,15-16H2,1-3H3. The molecule has 1 aromatic heterocycles. The lowest BCUT2D eigenvalue weighted by atomic mass is 9.93. The van der Waals surface area contributed by atoms with Gasteiger partial charge in [-0.05, 0) is 53.8 Å². The van der Waals surface area contributed by atoms with Gasteiger partial charge in [0, 0.05) is 36.6 Å². The predicted octanol–water partition coefficient (Wildman–Crippen LogP) is 4.95. The second-order valence-corrected chi connectivity index (χ2v) is 9.32. The fourth-order valence-electron chi connectivity index (χ4n) is 4.29. The molecule has 9 nitrogen and oxygen atoms in total. The molecule has 4 rings (SSSR count). The Bertz CT molecular complexity index is 1380. The maximum Gasteiger partial charge on any atom is 0.295 e. The van der Waals surface area contributed by atoms with Crippen LogP contribution in [0.15, 0.2) is 72.6 Å². The first-order valence-electron chi connectivity index (χ1n) is 11.8. The van der Waals surface area contributed by atoms with Gasteiger partial charge in [-0.2, -0.15) is 0 Å². The van der Waals surface area contributed by atoms with Crippen molar-refractivity contribution in [2.45, 2.75) is 33.4 Å². The highest BCUT2D eigenvalue weighted by Crippen LogP contribution is 2.41. The van der Waals surface area contributed by atoms with Gasteiger partial charge in [0.2, 0.25) is 0 Å². The molecule has 1 N–H and O–H groups in total. The van der Waals surface area contributed by atoms with Crippen molar-refractivity contribution in [3.63, 3.8) is 0 Å². The summed E-state index contributed by atoms with van der Waals surface area (Å²) in [5.41, 5.74) is 1.71. The van der Waals surface area contributed by atoms with Crippen LogP contribution in [-0.4, -0.2) is 38.2 Å². The van der Waals surface area contributed by atoms with Crippen molar-refractivity contribution in [2.75, 3.05) is 6.61 Å². The van der Waals surface area contributed by atoms with Crippen LogP contribution in [0, 0.1) is 23.0 Å². The Labute approximate surface area is 214 Å². The molecule has 190 valence electrons. The third kappa shape index (κ3) is 5.35. The summed E-state index contributed by atoms with van der Waals surface area (Å²) in [6.07, 6.45) is 3.16. The lowest BCUT2D eigenvalue weighted by molar-refractivity contribution is -0.384. The van der Waals surface area contributed by atoms with Crippen LogP contribution in [-0.2, 0) is 16.1 Å². The van der Waals surface area contributed by atoms with Gasteiger partial charge in [0.1, 0.15) is 11.5 Å².